The van der Waals surface area contributed by atoms with Gasteiger partial charge in [-0.05, 0) is 18.6 Å². The van der Waals surface area contributed by atoms with E-state index in [0.717, 1.165) is 0 Å². The first-order chi connectivity index (χ1) is 8.92. The second-order valence-electron chi connectivity index (χ2n) is 3.76. The van der Waals surface area contributed by atoms with Gasteiger partial charge in [0.05, 0.1) is 5.92 Å². The third kappa shape index (κ3) is 3.74. The van der Waals surface area contributed by atoms with E-state index < -0.39 is 21.9 Å². The number of carbonyl (C=O) groups is 1. The van der Waals surface area contributed by atoms with Crippen LogP contribution in [0.3, 0.4) is 0 Å². The van der Waals surface area contributed by atoms with Crippen LogP contribution in [0.5, 0.6) is 0 Å². The predicted octanol–water partition coefficient (Wildman–Crippen LogP) is 0.342. The summed E-state index contributed by atoms with van der Waals surface area (Å²) in [6.45, 7) is 1.42. The van der Waals surface area contributed by atoms with Gasteiger partial charge in [-0.25, -0.2) is 18.1 Å². The second-order valence-corrected chi connectivity index (χ2v) is 5.49. The molecule has 1 heterocycles. The van der Waals surface area contributed by atoms with Crippen molar-refractivity contribution in [2.75, 3.05) is 6.54 Å². The van der Waals surface area contributed by atoms with E-state index in [2.05, 4.69) is 9.71 Å². The fraction of sp³-hybridized carbons (Fsp3) is 0.364. The van der Waals surface area contributed by atoms with Gasteiger partial charge in [0.15, 0.2) is 5.69 Å². The van der Waals surface area contributed by atoms with E-state index in [0.29, 0.717) is 6.42 Å². The Balaban J connectivity index is 2.94. The highest BCUT2D eigenvalue weighted by Crippen LogP contribution is 2.12. The molecule has 0 aromatic carbocycles. The number of carboxylic acids is 1. The van der Waals surface area contributed by atoms with Crippen molar-refractivity contribution in [1.29, 1.82) is 5.26 Å². The molecular weight excluding hydrogens is 270 g/mol. The maximum Gasteiger partial charge on any atom is 0.307 e. The minimum absolute atomic E-state index is 0.224. The van der Waals surface area contributed by atoms with E-state index in [1.165, 1.54) is 18.3 Å². The highest BCUT2D eigenvalue weighted by Gasteiger charge is 2.22. The second kappa shape index (κ2) is 6.26. The van der Waals surface area contributed by atoms with Gasteiger partial charge >= 0.3 is 5.97 Å². The minimum atomic E-state index is -3.94. The van der Waals surface area contributed by atoms with Gasteiger partial charge in [0, 0.05) is 12.7 Å². The molecule has 19 heavy (non-hydrogen) atoms. The lowest BCUT2D eigenvalue weighted by Gasteiger charge is -2.11. The smallest absolute Gasteiger partial charge is 0.307 e. The first-order valence-corrected chi connectivity index (χ1v) is 6.98. The van der Waals surface area contributed by atoms with Crippen LogP contribution in [0.2, 0.25) is 0 Å². The number of carboxylic acid groups (broad SMARTS) is 1. The lowest BCUT2D eigenvalue weighted by Crippen LogP contribution is -2.33. The van der Waals surface area contributed by atoms with Crippen molar-refractivity contribution < 1.29 is 18.3 Å². The first kappa shape index (κ1) is 15.1. The van der Waals surface area contributed by atoms with Crippen LogP contribution in [0.4, 0.5) is 0 Å². The van der Waals surface area contributed by atoms with Crippen LogP contribution in [0.1, 0.15) is 19.0 Å². The van der Waals surface area contributed by atoms with Gasteiger partial charge in [-0.3, -0.25) is 4.79 Å². The van der Waals surface area contributed by atoms with Crippen LogP contribution in [-0.4, -0.2) is 31.0 Å². The number of aromatic nitrogens is 1. The molecule has 0 aliphatic rings. The summed E-state index contributed by atoms with van der Waals surface area (Å²) in [5.41, 5.74) is -0.224. The molecule has 1 unspecified atom stereocenters. The standard InChI is InChI=1S/C11H13N3O4S/c1-2-8(11(15)16)7-14-19(17,18)10-4-3-5-13-9(10)6-12/h3-5,8,14H,2,7H2,1H3,(H,15,16). The number of rotatable bonds is 6. The molecule has 7 nitrogen and oxygen atoms in total. The van der Waals surface area contributed by atoms with E-state index in [1.807, 2.05) is 0 Å². The van der Waals surface area contributed by atoms with Crippen molar-refractivity contribution in [3.8, 4) is 6.07 Å². The van der Waals surface area contributed by atoms with E-state index in [4.69, 9.17) is 10.4 Å². The molecule has 0 amide bonds. The maximum absolute atomic E-state index is 12.0. The van der Waals surface area contributed by atoms with Gasteiger partial charge in [0.25, 0.3) is 0 Å². The van der Waals surface area contributed by atoms with Crippen LogP contribution in [-0.2, 0) is 14.8 Å². The summed E-state index contributed by atoms with van der Waals surface area (Å²) in [6, 6.07) is 4.32. The SMILES string of the molecule is CCC(CNS(=O)(=O)c1cccnc1C#N)C(=O)O. The highest BCUT2D eigenvalue weighted by molar-refractivity contribution is 7.89. The normalized spacial score (nSPS) is 12.6. The van der Waals surface area contributed by atoms with Crippen LogP contribution in [0.15, 0.2) is 23.2 Å². The Morgan fingerprint density at radius 3 is 2.84 bits per heavy atom. The fourth-order valence-corrected chi connectivity index (χ4v) is 2.57. The Hall–Kier alpha value is -1.98. The molecular formula is C11H13N3O4S. The first-order valence-electron chi connectivity index (χ1n) is 5.50. The molecule has 1 aromatic rings. The Morgan fingerprint density at radius 2 is 2.32 bits per heavy atom. The lowest BCUT2D eigenvalue weighted by atomic mass is 10.1. The summed E-state index contributed by atoms with van der Waals surface area (Å²) in [5, 5.41) is 17.6. The van der Waals surface area contributed by atoms with Gasteiger partial charge < -0.3 is 5.11 Å². The number of hydrogen-bond acceptors (Lipinski definition) is 5. The lowest BCUT2D eigenvalue weighted by molar-refractivity contribution is -0.141. The maximum atomic E-state index is 12.0. The third-order valence-corrected chi connectivity index (χ3v) is 3.98. The Bertz CT molecular complexity index is 607. The molecule has 1 atom stereocenters. The predicted molar refractivity (Wildman–Crippen MR) is 65.6 cm³/mol. The molecule has 0 radical (unpaired) electrons. The monoisotopic (exact) mass is 283 g/mol. The number of pyridine rings is 1. The van der Waals surface area contributed by atoms with Gasteiger partial charge in [-0.2, -0.15) is 5.26 Å². The Kier molecular flexibility index (Phi) is 4.97. The van der Waals surface area contributed by atoms with Gasteiger partial charge in [-0.1, -0.05) is 6.92 Å². The average molecular weight is 283 g/mol. The number of sulfonamides is 1. The van der Waals surface area contributed by atoms with Crippen molar-refractivity contribution >= 4 is 16.0 Å². The molecule has 0 saturated carbocycles. The Morgan fingerprint density at radius 1 is 1.63 bits per heavy atom. The molecule has 102 valence electrons. The van der Waals surface area contributed by atoms with Crippen LogP contribution in [0, 0.1) is 17.2 Å². The van der Waals surface area contributed by atoms with Crippen LogP contribution < -0.4 is 4.72 Å². The van der Waals surface area contributed by atoms with Crippen LogP contribution >= 0.6 is 0 Å². The molecule has 0 aliphatic carbocycles. The van der Waals surface area contributed by atoms with Crippen molar-refractivity contribution in [2.24, 2.45) is 5.92 Å². The summed E-state index contributed by atoms with van der Waals surface area (Å²) in [4.78, 5) is 14.2. The minimum Gasteiger partial charge on any atom is -0.481 e. The zero-order valence-corrected chi connectivity index (χ0v) is 11.0. The fourth-order valence-electron chi connectivity index (χ4n) is 1.39. The molecule has 0 aliphatic heterocycles. The number of nitriles is 1. The molecule has 0 spiro atoms. The third-order valence-electron chi connectivity index (χ3n) is 2.53. The largest absolute Gasteiger partial charge is 0.481 e. The highest BCUT2D eigenvalue weighted by atomic mass is 32.2. The molecule has 1 rings (SSSR count). The molecule has 8 heteroatoms. The summed E-state index contributed by atoms with van der Waals surface area (Å²) >= 11 is 0. The van der Waals surface area contributed by atoms with E-state index in [1.54, 1.807) is 13.0 Å². The summed E-state index contributed by atoms with van der Waals surface area (Å²) in [5.74, 6) is -1.88. The molecule has 0 saturated heterocycles. The molecule has 0 fully saturated rings. The zero-order chi connectivity index (χ0) is 14.5. The summed E-state index contributed by atoms with van der Waals surface area (Å²) in [6.07, 6.45) is 1.61. The number of nitrogens with zero attached hydrogens (tertiary/aromatic N) is 2. The number of hydrogen-bond donors (Lipinski definition) is 2. The van der Waals surface area contributed by atoms with Crippen molar-refractivity contribution in [2.45, 2.75) is 18.2 Å². The number of aliphatic carboxylic acids is 1. The molecule has 2 N–H and O–H groups in total. The zero-order valence-electron chi connectivity index (χ0n) is 10.2. The van der Waals surface area contributed by atoms with Gasteiger partial charge in [0.1, 0.15) is 11.0 Å². The van der Waals surface area contributed by atoms with Gasteiger partial charge in [-0.15, -0.1) is 0 Å². The number of nitrogens with one attached hydrogen (secondary N) is 1. The van der Waals surface area contributed by atoms with E-state index in [9.17, 15) is 13.2 Å². The van der Waals surface area contributed by atoms with E-state index >= 15 is 0 Å². The Labute approximate surface area is 110 Å². The quantitative estimate of drug-likeness (QED) is 0.776. The van der Waals surface area contributed by atoms with E-state index in [-0.39, 0.29) is 17.1 Å². The molecule has 0 bridgehead atoms. The molecule has 1 aromatic heterocycles. The topological polar surface area (TPSA) is 120 Å². The van der Waals surface area contributed by atoms with Crippen molar-refractivity contribution in [1.82, 2.24) is 9.71 Å². The van der Waals surface area contributed by atoms with Gasteiger partial charge in [0.2, 0.25) is 10.0 Å². The van der Waals surface area contributed by atoms with Crippen molar-refractivity contribution in [3.63, 3.8) is 0 Å². The summed E-state index contributed by atoms with van der Waals surface area (Å²) in [7, 11) is -3.94. The summed E-state index contributed by atoms with van der Waals surface area (Å²) < 4.78 is 26.1. The van der Waals surface area contributed by atoms with Crippen molar-refractivity contribution in [3.05, 3.63) is 24.0 Å². The van der Waals surface area contributed by atoms with Crippen LogP contribution in [0.25, 0.3) is 0 Å². The average Bonchev–Trinajstić information content (AvgIpc) is 2.38.